The van der Waals surface area contributed by atoms with Crippen molar-refractivity contribution >= 4 is 16.6 Å². The highest BCUT2D eigenvalue weighted by molar-refractivity contribution is 7.86. The van der Waals surface area contributed by atoms with Crippen molar-refractivity contribution in [2.24, 2.45) is 0 Å². The molecule has 0 aliphatic carbocycles. The van der Waals surface area contributed by atoms with E-state index in [0.29, 0.717) is 0 Å². The molecule has 0 aromatic heterocycles. The number of hydrogen-bond acceptors (Lipinski definition) is 7. The van der Waals surface area contributed by atoms with Crippen molar-refractivity contribution in [1.82, 2.24) is 0 Å². The van der Waals surface area contributed by atoms with Crippen LogP contribution in [-0.2, 0) is 24.1 Å². The van der Waals surface area contributed by atoms with Gasteiger partial charge in [-0.1, -0.05) is 10.4 Å². The summed E-state index contributed by atoms with van der Waals surface area (Å²) in [6.45, 7) is 5.39. The second kappa shape index (κ2) is 5.79. The summed E-state index contributed by atoms with van der Waals surface area (Å²) in [6.07, 6.45) is 1.20. The minimum atomic E-state index is -4.19. The summed E-state index contributed by atoms with van der Waals surface area (Å²) >= 11 is 0. The van der Waals surface area contributed by atoms with Gasteiger partial charge in [-0.2, -0.15) is 8.42 Å². The number of rotatable bonds is 7. The maximum Gasteiger partial charge on any atom is 0.332 e. The molecule has 18 heavy (non-hydrogen) atoms. The SMILES string of the molecule is CC(C)(O)/C=C(/CS(=O)(=O)OOC=O)C(C)(C)O. The van der Waals surface area contributed by atoms with Crippen LogP contribution >= 0.6 is 0 Å². The predicted octanol–water partition coefficient (Wildman–Crippen LogP) is -0.111. The zero-order valence-electron chi connectivity index (χ0n) is 10.7. The summed E-state index contributed by atoms with van der Waals surface area (Å²) in [5.74, 6) is -0.714. The molecule has 0 atom stereocenters. The molecule has 0 spiro atoms. The lowest BCUT2D eigenvalue weighted by molar-refractivity contribution is -0.193. The van der Waals surface area contributed by atoms with Gasteiger partial charge in [-0.3, -0.25) is 9.68 Å². The van der Waals surface area contributed by atoms with E-state index in [1.807, 2.05) is 0 Å². The third kappa shape index (κ3) is 7.38. The molecule has 0 amide bonds. The summed E-state index contributed by atoms with van der Waals surface area (Å²) in [5, 5.41) is 19.4. The van der Waals surface area contributed by atoms with Gasteiger partial charge in [0.05, 0.1) is 11.2 Å². The van der Waals surface area contributed by atoms with Crippen LogP contribution < -0.4 is 0 Å². The Morgan fingerprint density at radius 3 is 2.06 bits per heavy atom. The van der Waals surface area contributed by atoms with Crippen LogP contribution in [0.4, 0.5) is 0 Å². The summed E-state index contributed by atoms with van der Waals surface area (Å²) in [4.78, 5) is 13.5. The van der Waals surface area contributed by atoms with Crippen LogP contribution in [-0.4, -0.2) is 42.1 Å². The highest BCUT2D eigenvalue weighted by Gasteiger charge is 2.28. The summed E-state index contributed by atoms with van der Waals surface area (Å²) in [6, 6.07) is 0. The van der Waals surface area contributed by atoms with Crippen LogP contribution in [0.2, 0.25) is 0 Å². The maximum absolute atomic E-state index is 11.4. The first-order valence-corrected chi connectivity index (χ1v) is 6.63. The topological polar surface area (TPSA) is 110 Å². The Hall–Kier alpha value is -0.960. The molecule has 0 radical (unpaired) electrons. The molecule has 0 aliphatic rings. The van der Waals surface area contributed by atoms with E-state index in [4.69, 9.17) is 0 Å². The van der Waals surface area contributed by atoms with Crippen LogP contribution in [0.1, 0.15) is 27.7 Å². The van der Waals surface area contributed by atoms with Crippen LogP contribution in [0, 0.1) is 0 Å². The van der Waals surface area contributed by atoms with E-state index in [2.05, 4.69) is 9.22 Å². The first-order valence-electron chi connectivity index (χ1n) is 5.05. The molecule has 0 rings (SSSR count). The normalized spacial score (nSPS) is 14.4. The van der Waals surface area contributed by atoms with Crippen molar-refractivity contribution in [2.45, 2.75) is 38.9 Å². The fraction of sp³-hybridized carbons (Fsp3) is 0.700. The van der Waals surface area contributed by atoms with Crippen LogP contribution in [0.5, 0.6) is 0 Å². The van der Waals surface area contributed by atoms with Gasteiger partial charge in [0.15, 0.2) is 0 Å². The largest absolute Gasteiger partial charge is 0.386 e. The Morgan fingerprint density at radius 2 is 1.72 bits per heavy atom. The average molecular weight is 282 g/mol. The Labute approximate surface area is 106 Å². The molecular weight excluding hydrogens is 264 g/mol. The second-order valence-electron chi connectivity index (χ2n) is 4.84. The second-order valence-corrected chi connectivity index (χ2v) is 6.38. The Bertz CT molecular complexity index is 408. The van der Waals surface area contributed by atoms with Gasteiger partial charge in [-0.25, -0.2) is 0 Å². The third-order valence-electron chi connectivity index (χ3n) is 1.83. The van der Waals surface area contributed by atoms with Gasteiger partial charge >= 0.3 is 16.6 Å². The zero-order valence-corrected chi connectivity index (χ0v) is 11.5. The monoisotopic (exact) mass is 282 g/mol. The highest BCUT2D eigenvalue weighted by atomic mass is 32.2. The van der Waals surface area contributed by atoms with Crippen molar-refractivity contribution in [3.05, 3.63) is 11.6 Å². The fourth-order valence-corrected chi connectivity index (χ4v) is 2.13. The van der Waals surface area contributed by atoms with Crippen molar-refractivity contribution in [3.63, 3.8) is 0 Å². The first kappa shape index (κ1) is 17.0. The lowest BCUT2D eigenvalue weighted by Crippen LogP contribution is -2.31. The molecule has 0 unspecified atom stereocenters. The number of carbonyl (C=O) groups excluding carboxylic acids is 1. The number of aliphatic hydroxyl groups is 2. The van der Waals surface area contributed by atoms with Crippen molar-refractivity contribution in [1.29, 1.82) is 0 Å². The van der Waals surface area contributed by atoms with Crippen molar-refractivity contribution in [3.8, 4) is 0 Å². The molecule has 0 saturated carbocycles. The molecule has 0 aromatic carbocycles. The van der Waals surface area contributed by atoms with Crippen LogP contribution in [0.15, 0.2) is 11.6 Å². The van der Waals surface area contributed by atoms with E-state index in [1.165, 1.54) is 33.8 Å². The summed E-state index contributed by atoms with van der Waals surface area (Å²) in [5.41, 5.74) is -2.77. The van der Waals surface area contributed by atoms with Gasteiger partial charge in [0.25, 0.3) is 0 Å². The smallest absolute Gasteiger partial charge is 0.332 e. The fourth-order valence-electron chi connectivity index (χ4n) is 1.11. The molecule has 0 heterocycles. The van der Waals surface area contributed by atoms with E-state index in [9.17, 15) is 23.4 Å². The molecule has 7 nitrogen and oxygen atoms in total. The van der Waals surface area contributed by atoms with Crippen molar-refractivity contribution < 1.29 is 32.6 Å². The van der Waals surface area contributed by atoms with E-state index in [0.717, 1.165) is 0 Å². The molecule has 8 heteroatoms. The third-order valence-corrected chi connectivity index (χ3v) is 2.78. The summed E-state index contributed by atoms with van der Waals surface area (Å²) < 4.78 is 26.7. The molecular formula is C10H18O7S. The zero-order chi connectivity index (χ0) is 14.6. The minimum absolute atomic E-state index is 0.0181. The van der Waals surface area contributed by atoms with E-state index >= 15 is 0 Å². The minimum Gasteiger partial charge on any atom is -0.386 e. The molecule has 0 fully saturated rings. The Morgan fingerprint density at radius 1 is 1.22 bits per heavy atom. The maximum atomic E-state index is 11.4. The predicted molar refractivity (Wildman–Crippen MR) is 62.7 cm³/mol. The van der Waals surface area contributed by atoms with E-state index in [-0.39, 0.29) is 12.0 Å². The van der Waals surface area contributed by atoms with Gasteiger partial charge in [-0.15, -0.1) is 0 Å². The highest BCUT2D eigenvalue weighted by Crippen LogP contribution is 2.21. The van der Waals surface area contributed by atoms with Gasteiger partial charge in [0.1, 0.15) is 5.75 Å². The quantitative estimate of drug-likeness (QED) is 0.290. The molecule has 0 aliphatic heterocycles. The lowest BCUT2D eigenvalue weighted by atomic mass is 9.95. The first-order chi connectivity index (χ1) is 7.87. The Kier molecular flexibility index (Phi) is 5.48. The van der Waals surface area contributed by atoms with Crippen molar-refractivity contribution in [2.75, 3.05) is 5.75 Å². The van der Waals surface area contributed by atoms with Gasteiger partial charge in [-0.05, 0) is 33.3 Å². The summed E-state index contributed by atoms with van der Waals surface area (Å²) in [7, 11) is -4.19. The van der Waals surface area contributed by atoms with E-state index in [1.54, 1.807) is 0 Å². The van der Waals surface area contributed by atoms with Crippen LogP contribution in [0.3, 0.4) is 0 Å². The van der Waals surface area contributed by atoms with Gasteiger partial charge < -0.3 is 10.2 Å². The number of hydrogen-bond donors (Lipinski definition) is 2. The van der Waals surface area contributed by atoms with E-state index < -0.39 is 27.1 Å². The van der Waals surface area contributed by atoms with Gasteiger partial charge in [0.2, 0.25) is 0 Å². The molecule has 0 saturated heterocycles. The molecule has 2 N–H and O–H groups in total. The van der Waals surface area contributed by atoms with Crippen LogP contribution in [0.25, 0.3) is 0 Å². The molecule has 106 valence electrons. The Balaban J connectivity index is 5.17. The molecule has 0 aromatic rings. The van der Waals surface area contributed by atoms with Gasteiger partial charge in [0, 0.05) is 0 Å². The molecule has 0 bridgehead atoms. The standard InChI is InChI=1S/C10H18O7S/c1-9(2,12)5-8(10(3,4)13)6-18(14,15)17-16-7-11/h5,7,12-13H,6H2,1-4H3/b8-5-. The lowest BCUT2D eigenvalue weighted by Gasteiger charge is -2.24. The average Bonchev–Trinajstić information content (AvgIpc) is 2.09. The number of carbonyl (C=O) groups is 1.